The molecule has 2 rings (SSSR count). The maximum Gasteiger partial charge on any atom is 0.150 e. The summed E-state index contributed by atoms with van der Waals surface area (Å²) < 4.78 is 0. The maximum atomic E-state index is 10.6. The van der Waals surface area contributed by atoms with Gasteiger partial charge in [-0.05, 0) is 42.5 Å². The Morgan fingerprint density at radius 2 is 1.93 bits per heavy atom. The molecule has 0 saturated heterocycles. The van der Waals surface area contributed by atoms with Gasteiger partial charge in [0.1, 0.15) is 6.29 Å². The third-order valence-electron chi connectivity index (χ3n) is 2.26. The fourth-order valence-corrected chi connectivity index (χ4v) is 1.59. The molecule has 1 nitrogen and oxygen atoms in total. The number of carbonyl (C=O) groups excluding carboxylic acids is 1. The van der Waals surface area contributed by atoms with Gasteiger partial charge in [0.2, 0.25) is 0 Å². The quantitative estimate of drug-likeness (QED) is 0.691. The Balaban J connectivity index is 2.22. The number of rotatable bonds is 3. The topological polar surface area (TPSA) is 17.1 Å². The van der Waals surface area contributed by atoms with Gasteiger partial charge >= 0.3 is 0 Å². The summed E-state index contributed by atoms with van der Waals surface area (Å²) in [6, 6.07) is 5.38. The molecule has 0 bridgehead atoms. The smallest absolute Gasteiger partial charge is 0.150 e. The van der Waals surface area contributed by atoms with Crippen LogP contribution >= 0.6 is 11.6 Å². The summed E-state index contributed by atoms with van der Waals surface area (Å²) in [7, 11) is 0. The highest BCUT2D eigenvalue weighted by Gasteiger charge is 2.16. The highest BCUT2D eigenvalue weighted by Crippen LogP contribution is 2.31. The second kappa shape index (κ2) is 3.97. The minimum absolute atomic E-state index is 0.616. The van der Waals surface area contributed by atoms with Gasteiger partial charge in [-0.2, -0.15) is 0 Å². The van der Waals surface area contributed by atoms with Gasteiger partial charge in [0.15, 0.2) is 0 Å². The molecule has 2 heteroatoms. The Hall–Kier alpha value is -1.08. The number of hydrogen-bond donors (Lipinski definition) is 0. The van der Waals surface area contributed by atoms with E-state index in [1.165, 1.54) is 12.8 Å². The van der Waals surface area contributed by atoms with Crippen LogP contribution in [0.4, 0.5) is 0 Å². The van der Waals surface area contributed by atoms with Crippen molar-refractivity contribution < 1.29 is 4.79 Å². The van der Waals surface area contributed by atoms with Crippen molar-refractivity contribution in [2.45, 2.75) is 12.8 Å². The SMILES string of the molecule is O=Cc1cc(Cl)cc(/C=C/C2CC2)c1. The molecule has 0 amide bonds. The molecule has 0 atom stereocenters. The van der Waals surface area contributed by atoms with Crippen LogP contribution in [0.15, 0.2) is 24.3 Å². The largest absolute Gasteiger partial charge is 0.298 e. The van der Waals surface area contributed by atoms with Gasteiger partial charge in [0.25, 0.3) is 0 Å². The summed E-state index contributed by atoms with van der Waals surface area (Å²) in [6.45, 7) is 0. The summed E-state index contributed by atoms with van der Waals surface area (Å²) >= 11 is 5.87. The van der Waals surface area contributed by atoms with Crippen LogP contribution in [0.1, 0.15) is 28.8 Å². The summed E-state index contributed by atoms with van der Waals surface area (Å²) in [5.41, 5.74) is 1.64. The van der Waals surface area contributed by atoms with Crippen molar-refractivity contribution in [1.82, 2.24) is 0 Å². The molecule has 0 radical (unpaired) electrons. The molecule has 14 heavy (non-hydrogen) atoms. The molecule has 72 valence electrons. The van der Waals surface area contributed by atoms with Gasteiger partial charge in [0, 0.05) is 10.6 Å². The maximum absolute atomic E-state index is 10.6. The van der Waals surface area contributed by atoms with Gasteiger partial charge in [-0.15, -0.1) is 0 Å². The van der Waals surface area contributed by atoms with Crippen LogP contribution in [-0.4, -0.2) is 6.29 Å². The molecule has 0 N–H and O–H groups in total. The molecule has 1 aliphatic rings. The lowest BCUT2D eigenvalue weighted by Gasteiger charge is -1.97. The standard InChI is InChI=1S/C12H11ClO/c13-12-6-10(4-3-9-1-2-9)5-11(7-12)8-14/h3-9H,1-2H2/b4-3+. The molecule has 1 aliphatic carbocycles. The lowest BCUT2D eigenvalue weighted by Crippen LogP contribution is -1.81. The van der Waals surface area contributed by atoms with Crippen molar-refractivity contribution in [1.29, 1.82) is 0 Å². The van der Waals surface area contributed by atoms with Crippen molar-refractivity contribution in [2.75, 3.05) is 0 Å². The minimum Gasteiger partial charge on any atom is -0.298 e. The monoisotopic (exact) mass is 206 g/mol. The van der Waals surface area contributed by atoms with Gasteiger partial charge in [-0.3, -0.25) is 4.79 Å². The van der Waals surface area contributed by atoms with E-state index >= 15 is 0 Å². The summed E-state index contributed by atoms with van der Waals surface area (Å²) in [4.78, 5) is 10.6. The second-order valence-electron chi connectivity index (χ2n) is 3.63. The molecule has 0 aliphatic heterocycles. The van der Waals surface area contributed by atoms with Crippen LogP contribution in [0.3, 0.4) is 0 Å². The Bertz CT molecular complexity index is 378. The van der Waals surface area contributed by atoms with Crippen molar-refractivity contribution in [3.8, 4) is 0 Å². The zero-order valence-electron chi connectivity index (χ0n) is 7.74. The first-order valence-electron chi connectivity index (χ1n) is 4.72. The van der Waals surface area contributed by atoms with E-state index in [1.807, 2.05) is 18.2 Å². The van der Waals surface area contributed by atoms with E-state index in [9.17, 15) is 4.79 Å². The molecule has 0 unspecified atom stereocenters. The van der Waals surface area contributed by atoms with Crippen molar-refractivity contribution in [2.24, 2.45) is 5.92 Å². The fourth-order valence-electron chi connectivity index (χ4n) is 1.34. The normalized spacial score (nSPS) is 16.1. The van der Waals surface area contributed by atoms with Crippen LogP contribution in [0.25, 0.3) is 6.08 Å². The van der Waals surface area contributed by atoms with E-state index in [1.54, 1.807) is 6.07 Å². The fraction of sp³-hybridized carbons (Fsp3) is 0.250. The third kappa shape index (κ3) is 2.46. The number of carbonyl (C=O) groups is 1. The summed E-state index contributed by atoms with van der Waals surface area (Å²) in [5.74, 6) is 0.744. The van der Waals surface area contributed by atoms with Crippen molar-refractivity contribution in [3.05, 3.63) is 40.4 Å². The Morgan fingerprint density at radius 3 is 2.57 bits per heavy atom. The Labute approximate surface area is 88.4 Å². The molecule has 1 aromatic rings. The first kappa shape index (κ1) is 9.47. The van der Waals surface area contributed by atoms with Crippen LogP contribution in [0, 0.1) is 5.92 Å². The number of benzene rings is 1. The summed E-state index contributed by atoms with van der Waals surface area (Å²) in [6.07, 6.45) is 7.62. The second-order valence-corrected chi connectivity index (χ2v) is 4.07. The number of hydrogen-bond acceptors (Lipinski definition) is 1. The van der Waals surface area contributed by atoms with E-state index in [4.69, 9.17) is 11.6 Å². The van der Waals surface area contributed by atoms with E-state index in [0.717, 1.165) is 17.8 Å². The van der Waals surface area contributed by atoms with E-state index in [-0.39, 0.29) is 0 Å². The Kier molecular flexibility index (Phi) is 2.69. The van der Waals surface area contributed by atoms with Crippen molar-refractivity contribution in [3.63, 3.8) is 0 Å². The lowest BCUT2D eigenvalue weighted by molar-refractivity contribution is 0.112. The Morgan fingerprint density at radius 1 is 1.21 bits per heavy atom. The molecule has 1 saturated carbocycles. The molecular formula is C12H11ClO. The first-order valence-corrected chi connectivity index (χ1v) is 5.10. The molecule has 0 heterocycles. The number of allylic oxidation sites excluding steroid dienone is 1. The minimum atomic E-state index is 0.616. The highest BCUT2D eigenvalue weighted by atomic mass is 35.5. The zero-order chi connectivity index (χ0) is 9.97. The van der Waals surface area contributed by atoms with Crippen LogP contribution in [0.2, 0.25) is 5.02 Å². The van der Waals surface area contributed by atoms with E-state index < -0.39 is 0 Å². The molecular weight excluding hydrogens is 196 g/mol. The van der Waals surface area contributed by atoms with E-state index in [2.05, 4.69) is 6.08 Å². The van der Waals surface area contributed by atoms with Gasteiger partial charge < -0.3 is 0 Å². The summed E-state index contributed by atoms with van der Waals surface area (Å²) in [5, 5.41) is 0.616. The first-order chi connectivity index (χ1) is 6.78. The molecule has 1 fully saturated rings. The number of halogens is 1. The van der Waals surface area contributed by atoms with Gasteiger partial charge in [-0.25, -0.2) is 0 Å². The average molecular weight is 207 g/mol. The van der Waals surface area contributed by atoms with Crippen LogP contribution in [-0.2, 0) is 0 Å². The van der Waals surface area contributed by atoms with Gasteiger partial charge in [-0.1, -0.05) is 23.8 Å². The van der Waals surface area contributed by atoms with Crippen LogP contribution in [0.5, 0.6) is 0 Å². The molecule has 0 spiro atoms. The van der Waals surface area contributed by atoms with E-state index in [0.29, 0.717) is 10.6 Å². The third-order valence-corrected chi connectivity index (χ3v) is 2.48. The average Bonchev–Trinajstić information content (AvgIpc) is 2.97. The molecule has 1 aromatic carbocycles. The highest BCUT2D eigenvalue weighted by molar-refractivity contribution is 6.31. The predicted octanol–water partition coefficient (Wildman–Crippen LogP) is 3.58. The van der Waals surface area contributed by atoms with Crippen molar-refractivity contribution >= 4 is 24.0 Å². The van der Waals surface area contributed by atoms with Crippen LogP contribution < -0.4 is 0 Å². The molecule has 0 aromatic heterocycles. The zero-order valence-corrected chi connectivity index (χ0v) is 8.50. The predicted molar refractivity (Wildman–Crippen MR) is 58.6 cm³/mol. The number of aldehydes is 1. The van der Waals surface area contributed by atoms with Gasteiger partial charge in [0.05, 0.1) is 0 Å². The lowest BCUT2D eigenvalue weighted by atomic mass is 10.1.